The molecule has 0 radical (unpaired) electrons. The van der Waals surface area contributed by atoms with Gasteiger partial charge in [0.2, 0.25) is 17.6 Å². The van der Waals surface area contributed by atoms with Crippen molar-refractivity contribution in [1.29, 1.82) is 0 Å². The van der Waals surface area contributed by atoms with E-state index >= 15 is 0 Å². The lowest BCUT2D eigenvalue weighted by molar-refractivity contribution is -0.154. The van der Waals surface area contributed by atoms with Crippen LogP contribution in [-0.2, 0) is 20.5 Å². The molecule has 0 bridgehead atoms. The highest BCUT2D eigenvalue weighted by molar-refractivity contribution is 6.04. The van der Waals surface area contributed by atoms with E-state index in [0.717, 1.165) is 12.1 Å². The number of aromatic nitrogens is 1. The highest BCUT2D eigenvalue weighted by Gasteiger charge is 2.42. The fourth-order valence-electron chi connectivity index (χ4n) is 5.52. The SMILES string of the molecule is CCOC(=O)C1CCCC1C(=O)N1CCN(c2ccc(NC(=O)c3nc(-c4ccccc4)oc3C(F)(F)F)cc2)CC1. The first kappa shape index (κ1) is 29.2. The zero-order valence-electron chi connectivity index (χ0n) is 23.0. The quantitative estimate of drug-likeness (QED) is 0.379. The smallest absolute Gasteiger partial charge is 0.452 e. The van der Waals surface area contributed by atoms with Crippen LogP contribution in [0.1, 0.15) is 42.4 Å². The molecule has 1 aromatic heterocycles. The van der Waals surface area contributed by atoms with Crippen molar-refractivity contribution in [3.63, 3.8) is 0 Å². The van der Waals surface area contributed by atoms with Crippen LogP contribution in [0.2, 0.25) is 0 Å². The highest BCUT2D eigenvalue weighted by atomic mass is 19.4. The lowest BCUT2D eigenvalue weighted by atomic mass is 9.94. The Morgan fingerprint density at radius 3 is 2.29 bits per heavy atom. The van der Waals surface area contributed by atoms with Gasteiger partial charge in [-0.3, -0.25) is 14.4 Å². The molecule has 12 heteroatoms. The summed E-state index contributed by atoms with van der Waals surface area (Å²) in [5, 5.41) is 2.47. The van der Waals surface area contributed by atoms with Crippen molar-refractivity contribution in [2.75, 3.05) is 43.0 Å². The van der Waals surface area contributed by atoms with Crippen LogP contribution in [0.15, 0.2) is 59.0 Å². The number of benzene rings is 2. The van der Waals surface area contributed by atoms with Crippen molar-refractivity contribution in [3.8, 4) is 11.5 Å². The molecule has 222 valence electrons. The van der Waals surface area contributed by atoms with E-state index in [-0.39, 0.29) is 29.6 Å². The molecule has 2 amide bonds. The first-order valence-corrected chi connectivity index (χ1v) is 13.9. The number of nitrogens with one attached hydrogen (secondary N) is 1. The highest BCUT2D eigenvalue weighted by Crippen LogP contribution is 2.36. The summed E-state index contributed by atoms with van der Waals surface area (Å²) in [5.41, 5.74) is 0.601. The lowest BCUT2D eigenvalue weighted by Crippen LogP contribution is -2.51. The van der Waals surface area contributed by atoms with Crippen molar-refractivity contribution in [2.24, 2.45) is 11.8 Å². The molecule has 2 fully saturated rings. The molecule has 1 aliphatic carbocycles. The Morgan fingerprint density at radius 2 is 1.64 bits per heavy atom. The van der Waals surface area contributed by atoms with Crippen LogP contribution in [-0.4, -0.2) is 60.5 Å². The van der Waals surface area contributed by atoms with Crippen molar-refractivity contribution in [1.82, 2.24) is 9.88 Å². The number of hydrogen-bond donors (Lipinski definition) is 1. The van der Waals surface area contributed by atoms with Gasteiger partial charge in [-0.1, -0.05) is 24.6 Å². The summed E-state index contributed by atoms with van der Waals surface area (Å²) in [6.45, 7) is 4.19. The van der Waals surface area contributed by atoms with E-state index < -0.39 is 23.5 Å². The Labute approximate surface area is 240 Å². The predicted octanol–water partition coefficient (Wildman–Crippen LogP) is 5.24. The van der Waals surface area contributed by atoms with Crippen LogP contribution >= 0.6 is 0 Å². The molecule has 2 aromatic carbocycles. The minimum atomic E-state index is -4.91. The first-order chi connectivity index (χ1) is 20.2. The Bertz CT molecular complexity index is 1420. The maximum absolute atomic E-state index is 13.6. The number of esters is 1. The van der Waals surface area contributed by atoms with Crippen LogP contribution in [0, 0.1) is 11.8 Å². The molecule has 2 unspecified atom stereocenters. The minimum Gasteiger partial charge on any atom is -0.466 e. The van der Waals surface area contributed by atoms with E-state index in [9.17, 15) is 27.6 Å². The molecule has 1 saturated heterocycles. The van der Waals surface area contributed by atoms with Gasteiger partial charge in [0.25, 0.3) is 5.91 Å². The van der Waals surface area contributed by atoms with Crippen molar-refractivity contribution in [3.05, 3.63) is 66.1 Å². The first-order valence-electron chi connectivity index (χ1n) is 13.9. The van der Waals surface area contributed by atoms with Gasteiger partial charge < -0.3 is 24.3 Å². The van der Waals surface area contributed by atoms with Crippen molar-refractivity contribution >= 4 is 29.2 Å². The van der Waals surface area contributed by atoms with Gasteiger partial charge in [-0.25, -0.2) is 4.98 Å². The monoisotopic (exact) mass is 584 g/mol. The molecular formula is C30H31F3N4O5. The fourth-order valence-corrected chi connectivity index (χ4v) is 5.52. The topological polar surface area (TPSA) is 105 Å². The third kappa shape index (κ3) is 6.27. The van der Waals surface area contributed by atoms with Gasteiger partial charge >= 0.3 is 12.1 Å². The van der Waals surface area contributed by atoms with Crippen LogP contribution in [0.25, 0.3) is 11.5 Å². The molecule has 3 aromatic rings. The summed E-state index contributed by atoms with van der Waals surface area (Å²) < 4.78 is 51.0. The van der Waals surface area contributed by atoms with Gasteiger partial charge in [0.15, 0.2) is 5.69 Å². The molecule has 42 heavy (non-hydrogen) atoms. The van der Waals surface area contributed by atoms with Gasteiger partial charge in [0.1, 0.15) is 0 Å². The van der Waals surface area contributed by atoms with Gasteiger partial charge in [0, 0.05) is 43.1 Å². The molecule has 2 heterocycles. The second kappa shape index (κ2) is 12.3. The van der Waals surface area contributed by atoms with Gasteiger partial charge in [-0.2, -0.15) is 13.2 Å². The van der Waals surface area contributed by atoms with E-state index in [1.165, 1.54) is 12.1 Å². The van der Waals surface area contributed by atoms with E-state index in [4.69, 9.17) is 9.15 Å². The van der Waals surface area contributed by atoms with E-state index in [1.54, 1.807) is 54.3 Å². The largest absolute Gasteiger partial charge is 0.466 e. The van der Waals surface area contributed by atoms with Crippen LogP contribution in [0.5, 0.6) is 0 Å². The number of rotatable bonds is 7. The Balaban J connectivity index is 1.20. The van der Waals surface area contributed by atoms with Gasteiger partial charge in [-0.15, -0.1) is 0 Å². The number of anilines is 2. The number of nitrogens with zero attached hydrogens (tertiary/aromatic N) is 3. The molecule has 0 spiro atoms. The molecule has 2 atom stereocenters. The van der Waals surface area contributed by atoms with E-state index in [1.807, 2.05) is 0 Å². The van der Waals surface area contributed by atoms with Crippen molar-refractivity contribution in [2.45, 2.75) is 32.4 Å². The molecular weight excluding hydrogens is 553 g/mol. The second-order valence-corrected chi connectivity index (χ2v) is 10.3. The van der Waals surface area contributed by atoms with Crippen LogP contribution in [0.3, 0.4) is 0 Å². The zero-order valence-corrected chi connectivity index (χ0v) is 23.0. The normalized spacial score (nSPS) is 19.0. The van der Waals surface area contributed by atoms with E-state index in [0.29, 0.717) is 56.9 Å². The number of amides is 2. The zero-order chi connectivity index (χ0) is 29.9. The number of oxazole rings is 1. The number of alkyl halides is 3. The third-order valence-corrected chi connectivity index (χ3v) is 7.62. The molecule has 1 saturated carbocycles. The third-order valence-electron chi connectivity index (χ3n) is 7.62. The number of carbonyl (C=O) groups is 3. The summed E-state index contributed by atoms with van der Waals surface area (Å²) in [7, 11) is 0. The Hall–Kier alpha value is -4.35. The Kier molecular flexibility index (Phi) is 8.51. The molecule has 1 N–H and O–H groups in total. The fraction of sp³-hybridized carbons (Fsp3) is 0.400. The summed E-state index contributed by atoms with van der Waals surface area (Å²) in [6.07, 6.45) is -2.73. The van der Waals surface area contributed by atoms with Crippen molar-refractivity contribution < 1.29 is 36.7 Å². The van der Waals surface area contributed by atoms with Gasteiger partial charge in [0.05, 0.1) is 18.4 Å². The molecule has 1 aliphatic heterocycles. The summed E-state index contributed by atoms with van der Waals surface area (Å²) in [4.78, 5) is 46.0. The number of halogens is 3. The number of hydrogen-bond acceptors (Lipinski definition) is 7. The number of carbonyl (C=O) groups excluding carboxylic acids is 3. The van der Waals surface area contributed by atoms with Crippen LogP contribution in [0.4, 0.5) is 24.5 Å². The number of piperazine rings is 1. The maximum Gasteiger partial charge on any atom is 0.452 e. The average molecular weight is 585 g/mol. The maximum atomic E-state index is 13.6. The predicted molar refractivity (Wildman–Crippen MR) is 148 cm³/mol. The standard InChI is InChI=1S/C30H31F3N4O5/c1-2-41-29(40)23-10-6-9-22(23)28(39)37-17-15-36(16-18-37)21-13-11-20(12-14-21)34-26(38)24-25(30(31,32)33)42-27(35-24)19-7-4-3-5-8-19/h3-5,7-8,11-14,22-23H,2,6,9-10,15-18H2,1H3,(H,34,38). The summed E-state index contributed by atoms with van der Waals surface area (Å²) in [5.74, 6) is -3.84. The molecule has 9 nitrogen and oxygen atoms in total. The summed E-state index contributed by atoms with van der Waals surface area (Å²) in [6, 6.07) is 14.7. The van der Waals surface area contributed by atoms with Gasteiger partial charge in [-0.05, 0) is 56.2 Å². The Morgan fingerprint density at radius 1 is 0.976 bits per heavy atom. The lowest BCUT2D eigenvalue weighted by Gasteiger charge is -2.37. The van der Waals surface area contributed by atoms with Crippen LogP contribution < -0.4 is 10.2 Å². The minimum absolute atomic E-state index is 0.00947. The average Bonchev–Trinajstić information content (AvgIpc) is 3.67. The molecule has 2 aliphatic rings. The summed E-state index contributed by atoms with van der Waals surface area (Å²) >= 11 is 0. The van der Waals surface area contributed by atoms with E-state index in [2.05, 4.69) is 15.2 Å². The molecule has 5 rings (SSSR count). The second-order valence-electron chi connectivity index (χ2n) is 10.3. The number of ether oxygens (including phenoxy) is 1.